The number of nitrogens with zero attached hydrogens (tertiary/aromatic N) is 3. The summed E-state index contributed by atoms with van der Waals surface area (Å²) in [5.41, 5.74) is 1.03. The van der Waals surface area contributed by atoms with E-state index in [4.69, 9.17) is 0 Å². The first-order valence-electron chi connectivity index (χ1n) is 12.1. The van der Waals surface area contributed by atoms with Crippen molar-refractivity contribution in [2.24, 2.45) is 0 Å². The number of para-hydroxylation sites is 1. The van der Waals surface area contributed by atoms with E-state index in [0.717, 1.165) is 30.4 Å². The number of rotatable bonds is 8. The first-order valence-corrected chi connectivity index (χ1v) is 12.1. The molecular weight excluding hydrogens is 485 g/mol. The Kier molecular flexibility index (Phi) is 7.80. The highest BCUT2D eigenvalue weighted by Gasteiger charge is 2.40. The van der Waals surface area contributed by atoms with Crippen LogP contribution in [0.5, 0.6) is 5.75 Å². The quantitative estimate of drug-likeness (QED) is 0.379. The highest BCUT2D eigenvalue weighted by Crippen LogP contribution is 2.33. The van der Waals surface area contributed by atoms with Gasteiger partial charge in [0.1, 0.15) is 11.3 Å². The van der Waals surface area contributed by atoms with Crippen LogP contribution in [0, 0.1) is 6.92 Å². The zero-order valence-corrected chi connectivity index (χ0v) is 20.7. The number of aromatic nitrogens is 3. The molecule has 0 aliphatic heterocycles. The number of amides is 1. The van der Waals surface area contributed by atoms with Crippen molar-refractivity contribution in [1.82, 2.24) is 20.3 Å². The molecule has 1 heterocycles. The molecule has 196 valence electrons. The maximum atomic E-state index is 13.5. The van der Waals surface area contributed by atoms with Gasteiger partial charge in [0.15, 0.2) is 5.82 Å². The summed E-state index contributed by atoms with van der Waals surface area (Å²) in [6, 6.07) is 13.5. The summed E-state index contributed by atoms with van der Waals surface area (Å²) < 4.78 is 42.6. The Labute approximate surface area is 213 Å². The molecule has 37 heavy (non-hydrogen) atoms. The lowest BCUT2D eigenvalue weighted by Crippen LogP contribution is -2.53. The third kappa shape index (κ3) is 6.46. The Bertz CT molecular complexity index is 1240. The Morgan fingerprint density at radius 1 is 0.973 bits per heavy atom. The molecule has 0 unspecified atom stereocenters. The number of ether oxygens (including phenoxy) is 1. The lowest BCUT2D eigenvalue weighted by Gasteiger charge is -2.36. The largest absolute Gasteiger partial charge is 0.573 e. The molecule has 3 N–H and O–H groups in total. The molecule has 0 spiro atoms. The van der Waals surface area contributed by atoms with Crippen LogP contribution in [0.25, 0.3) is 11.4 Å². The molecule has 1 aliphatic carbocycles. The number of aryl methyl sites for hydroxylation is 1. The van der Waals surface area contributed by atoms with Gasteiger partial charge in [-0.3, -0.25) is 4.79 Å². The zero-order valence-electron chi connectivity index (χ0n) is 20.7. The van der Waals surface area contributed by atoms with Crippen LogP contribution in [0.15, 0.2) is 48.5 Å². The normalized spacial score (nSPS) is 15.1. The molecule has 1 fully saturated rings. The fraction of sp³-hybridized carbons (Fsp3) is 0.385. The average Bonchev–Trinajstić information content (AvgIpc) is 2.87. The summed E-state index contributed by atoms with van der Waals surface area (Å²) in [5.74, 6) is 0.373. The van der Waals surface area contributed by atoms with Crippen LogP contribution in [0.3, 0.4) is 0 Å². The minimum atomic E-state index is -4.83. The van der Waals surface area contributed by atoms with Crippen LogP contribution < -0.4 is 20.7 Å². The molecule has 1 saturated carbocycles. The number of carbonyl (C=O) groups excluding carboxylic acids is 1. The summed E-state index contributed by atoms with van der Waals surface area (Å²) in [4.78, 5) is 27.1. The highest BCUT2D eigenvalue weighted by atomic mass is 19.4. The van der Waals surface area contributed by atoms with Gasteiger partial charge in [-0.25, -0.2) is 0 Å². The molecular formula is C26H29F3N6O2. The van der Waals surface area contributed by atoms with Crippen molar-refractivity contribution in [3.8, 4) is 17.1 Å². The van der Waals surface area contributed by atoms with E-state index in [1.807, 2.05) is 31.2 Å². The number of benzene rings is 2. The predicted octanol–water partition coefficient (Wildman–Crippen LogP) is 5.22. The van der Waals surface area contributed by atoms with E-state index in [1.54, 1.807) is 13.1 Å². The van der Waals surface area contributed by atoms with E-state index < -0.39 is 11.9 Å². The molecule has 0 bridgehead atoms. The lowest BCUT2D eigenvalue weighted by molar-refractivity contribution is -0.274. The Hall–Kier alpha value is -3.89. The molecule has 4 rings (SSSR count). The second kappa shape index (κ2) is 11.0. The molecule has 2 aromatic carbocycles. The third-order valence-electron chi connectivity index (χ3n) is 6.38. The summed E-state index contributed by atoms with van der Waals surface area (Å²) in [6.45, 7) is 1.84. The van der Waals surface area contributed by atoms with Crippen molar-refractivity contribution in [1.29, 1.82) is 0 Å². The number of nitrogens with one attached hydrogen (secondary N) is 3. The maximum Gasteiger partial charge on any atom is 0.573 e. The van der Waals surface area contributed by atoms with Crippen LogP contribution in [0.1, 0.15) is 43.2 Å². The fourth-order valence-corrected chi connectivity index (χ4v) is 4.48. The molecule has 0 radical (unpaired) electrons. The number of alkyl halides is 3. The first kappa shape index (κ1) is 26.2. The van der Waals surface area contributed by atoms with Crippen molar-refractivity contribution < 1.29 is 22.7 Å². The predicted molar refractivity (Wildman–Crippen MR) is 134 cm³/mol. The standard InChI is InChI=1S/C26H29F3N6O2/c1-17-10-4-6-12-19(17)21-32-23(30-2)34-24(33-21)35-25(14-8-3-9-15-25)22(36)31-16-18-11-5-7-13-20(18)37-26(27,28)29/h4-7,10-13H,3,8-9,14-16H2,1-2H3,(H,31,36)(H2,30,32,33,34,35). The number of anilines is 2. The Morgan fingerprint density at radius 2 is 1.65 bits per heavy atom. The number of hydrogen-bond acceptors (Lipinski definition) is 7. The SMILES string of the molecule is CNc1nc(NC2(C(=O)NCc3ccccc3OC(F)(F)F)CCCCC2)nc(-c2ccccc2C)n1. The van der Waals surface area contributed by atoms with E-state index in [9.17, 15) is 18.0 Å². The fourth-order valence-electron chi connectivity index (χ4n) is 4.48. The smallest absolute Gasteiger partial charge is 0.405 e. The van der Waals surface area contributed by atoms with Crippen LogP contribution in [0.4, 0.5) is 25.1 Å². The van der Waals surface area contributed by atoms with E-state index in [2.05, 4.69) is 35.6 Å². The van der Waals surface area contributed by atoms with Gasteiger partial charge in [0.25, 0.3) is 0 Å². The molecule has 1 aliphatic rings. The van der Waals surface area contributed by atoms with Gasteiger partial charge < -0.3 is 20.7 Å². The van der Waals surface area contributed by atoms with Gasteiger partial charge in [-0.05, 0) is 31.4 Å². The Morgan fingerprint density at radius 3 is 2.35 bits per heavy atom. The number of halogens is 3. The second-order valence-electron chi connectivity index (χ2n) is 8.98. The molecule has 3 aromatic rings. The monoisotopic (exact) mass is 514 g/mol. The van der Waals surface area contributed by atoms with Crippen molar-refractivity contribution in [3.05, 3.63) is 59.7 Å². The minimum absolute atomic E-state index is 0.123. The van der Waals surface area contributed by atoms with Crippen LogP contribution >= 0.6 is 0 Å². The average molecular weight is 515 g/mol. The molecule has 0 saturated heterocycles. The van der Waals surface area contributed by atoms with E-state index in [-0.39, 0.29) is 29.7 Å². The zero-order chi connectivity index (χ0) is 26.5. The van der Waals surface area contributed by atoms with Gasteiger partial charge in [0, 0.05) is 24.7 Å². The van der Waals surface area contributed by atoms with Crippen LogP contribution in [-0.2, 0) is 11.3 Å². The lowest BCUT2D eigenvalue weighted by atomic mass is 9.81. The van der Waals surface area contributed by atoms with Crippen molar-refractivity contribution in [2.45, 2.75) is 57.5 Å². The van der Waals surface area contributed by atoms with Gasteiger partial charge in [0.05, 0.1) is 0 Å². The summed E-state index contributed by atoms with van der Waals surface area (Å²) in [5, 5.41) is 9.01. The van der Waals surface area contributed by atoms with Crippen LogP contribution in [0.2, 0.25) is 0 Å². The highest BCUT2D eigenvalue weighted by molar-refractivity contribution is 5.89. The van der Waals surface area contributed by atoms with E-state index in [1.165, 1.54) is 18.2 Å². The van der Waals surface area contributed by atoms with Gasteiger partial charge in [-0.1, -0.05) is 61.7 Å². The maximum absolute atomic E-state index is 13.5. The molecule has 11 heteroatoms. The minimum Gasteiger partial charge on any atom is -0.405 e. The van der Waals surface area contributed by atoms with Gasteiger partial charge >= 0.3 is 6.36 Å². The molecule has 0 atom stereocenters. The Balaban J connectivity index is 1.59. The molecule has 8 nitrogen and oxygen atoms in total. The van der Waals surface area contributed by atoms with Gasteiger partial charge in [-0.2, -0.15) is 15.0 Å². The summed E-state index contributed by atoms with van der Waals surface area (Å²) in [6.07, 6.45) is -1.18. The molecule has 1 aromatic heterocycles. The van der Waals surface area contributed by atoms with E-state index in [0.29, 0.717) is 24.6 Å². The van der Waals surface area contributed by atoms with Crippen molar-refractivity contribution in [2.75, 3.05) is 17.7 Å². The van der Waals surface area contributed by atoms with Gasteiger partial charge in [0.2, 0.25) is 17.8 Å². The topological polar surface area (TPSA) is 101 Å². The molecule has 1 amide bonds. The third-order valence-corrected chi connectivity index (χ3v) is 6.38. The van der Waals surface area contributed by atoms with Crippen molar-refractivity contribution in [3.63, 3.8) is 0 Å². The number of hydrogen-bond donors (Lipinski definition) is 3. The summed E-state index contributed by atoms with van der Waals surface area (Å²) >= 11 is 0. The second-order valence-corrected chi connectivity index (χ2v) is 8.98. The first-order chi connectivity index (χ1) is 17.7. The van der Waals surface area contributed by atoms with Crippen LogP contribution in [-0.4, -0.2) is 39.8 Å². The van der Waals surface area contributed by atoms with Gasteiger partial charge in [-0.15, -0.1) is 13.2 Å². The van der Waals surface area contributed by atoms with Crippen molar-refractivity contribution >= 4 is 17.8 Å². The number of carbonyl (C=O) groups is 1. The van der Waals surface area contributed by atoms with E-state index >= 15 is 0 Å². The summed E-state index contributed by atoms with van der Waals surface area (Å²) in [7, 11) is 1.70.